The molecule has 2 unspecified atom stereocenters. The first kappa shape index (κ1) is 18.5. The molecule has 0 aromatic carbocycles. The summed E-state index contributed by atoms with van der Waals surface area (Å²) in [6.07, 6.45) is 1.95. The molecule has 0 spiro atoms. The second-order valence-corrected chi connectivity index (χ2v) is 6.54. The number of hydrogen-bond acceptors (Lipinski definition) is 5. The number of ether oxygens (including phenoxy) is 1. The normalized spacial score (nSPS) is 20.6. The lowest BCUT2D eigenvalue weighted by molar-refractivity contribution is -0.208. The predicted molar refractivity (Wildman–Crippen MR) is 74.5 cm³/mol. The van der Waals surface area contributed by atoms with Gasteiger partial charge in [0.15, 0.2) is 5.79 Å². The van der Waals surface area contributed by atoms with Gasteiger partial charge in [0.05, 0.1) is 11.7 Å². The Morgan fingerprint density at radius 3 is 2.00 bits per heavy atom. The summed E-state index contributed by atoms with van der Waals surface area (Å²) in [5, 5.41) is 18.0. The molecule has 5 heteroatoms. The van der Waals surface area contributed by atoms with Crippen LogP contribution in [-0.4, -0.2) is 40.0 Å². The summed E-state index contributed by atoms with van der Waals surface area (Å²) in [4.78, 5) is 10.8. The fourth-order valence-corrected chi connectivity index (χ4v) is 1.53. The third kappa shape index (κ3) is 13.7. The Balaban J connectivity index is 0.000000555. The van der Waals surface area contributed by atoms with Crippen LogP contribution in [0.25, 0.3) is 0 Å². The van der Waals surface area contributed by atoms with Gasteiger partial charge in [-0.1, -0.05) is 0 Å². The van der Waals surface area contributed by atoms with E-state index in [4.69, 9.17) is 15.6 Å². The largest absolute Gasteiger partial charge is 0.391 e. The van der Waals surface area contributed by atoms with Crippen molar-refractivity contribution in [1.82, 2.24) is 0 Å². The van der Waals surface area contributed by atoms with Crippen LogP contribution in [0.5, 0.6) is 0 Å². The summed E-state index contributed by atoms with van der Waals surface area (Å²) >= 11 is 0. The molecule has 0 amide bonds. The number of hydrogen-bond donors (Lipinski definition) is 3. The van der Waals surface area contributed by atoms with Gasteiger partial charge in [-0.05, 0) is 54.0 Å². The maximum absolute atomic E-state index is 10.8. The highest BCUT2D eigenvalue weighted by molar-refractivity contribution is 5.95. The van der Waals surface area contributed by atoms with Crippen molar-refractivity contribution in [1.29, 1.82) is 0 Å². The minimum absolute atomic E-state index is 0.101. The number of nitrogens with two attached hydrogens (primary N) is 1. The molecular weight excluding hydrogens is 246 g/mol. The van der Waals surface area contributed by atoms with Gasteiger partial charge in [-0.3, -0.25) is 4.79 Å². The summed E-state index contributed by atoms with van der Waals surface area (Å²) < 4.78 is 5.40. The lowest BCUT2D eigenvalue weighted by Gasteiger charge is -2.25. The summed E-state index contributed by atoms with van der Waals surface area (Å²) in [6, 6.07) is 0. The van der Waals surface area contributed by atoms with Gasteiger partial charge in [0.2, 0.25) is 0 Å². The lowest BCUT2D eigenvalue weighted by atomic mass is 10.1. The van der Waals surface area contributed by atoms with Crippen LogP contribution in [0.4, 0.5) is 0 Å². The van der Waals surface area contributed by atoms with E-state index in [1.54, 1.807) is 34.6 Å². The second kappa shape index (κ2) is 7.33. The molecular formula is C14H29NO4. The molecule has 0 saturated heterocycles. The van der Waals surface area contributed by atoms with E-state index in [1.807, 2.05) is 0 Å². The molecule has 19 heavy (non-hydrogen) atoms. The summed E-state index contributed by atoms with van der Waals surface area (Å²) in [5.74, 6) is -0.696. The van der Waals surface area contributed by atoms with Gasteiger partial charge in [-0.2, -0.15) is 0 Å². The van der Waals surface area contributed by atoms with Crippen LogP contribution in [0.2, 0.25) is 0 Å². The Labute approximate surface area is 116 Å². The molecule has 0 radical (unpaired) electrons. The maximum Gasteiger partial charge on any atom is 0.160 e. The van der Waals surface area contributed by atoms with E-state index in [9.17, 15) is 9.90 Å². The summed E-state index contributed by atoms with van der Waals surface area (Å²) in [5.41, 5.74) is 4.93. The van der Waals surface area contributed by atoms with Gasteiger partial charge in [0, 0.05) is 12.3 Å². The van der Waals surface area contributed by atoms with Gasteiger partial charge in [-0.15, -0.1) is 0 Å². The van der Waals surface area contributed by atoms with Crippen molar-refractivity contribution in [3.63, 3.8) is 0 Å². The van der Waals surface area contributed by atoms with Crippen LogP contribution in [0.1, 0.15) is 53.9 Å². The van der Waals surface area contributed by atoms with E-state index in [0.29, 0.717) is 31.6 Å². The Kier molecular flexibility index (Phi) is 7.15. The predicted octanol–water partition coefficient (Wildman–Crippen LogP) is 1.21. The average molecular weight is 275 g/mol. The molecule has 2 atom stereocenters. The topological polar surface area (TPSA) is 92.8 Å². The third-order valence-electron chi connectivity index (χ3n) is 2.23. The van der Waals surface area contributed by atoms with E-state index in [1.165, 1.54) is 0 Å². The van der Waals surface area contributed by atoms with Gasteiger partial charge in [0.1, 0.15) is 5.78 Å². The van der Waals surface area contributed by atoms with Crippen LogP contribution in [0, 0.1) is 5.92 Å². The van der Waals surface area contributed by atoms with Crippen molar-refractivity contribution in [2.24, 2.45) is 11.7 Å². The molecule has 0 aromatic heterocycles. The molecule has 0 aromatic rings. The first-order chi connectivity index (χ1) is 8.42. The standard InChI is InChI=1S/C10H19NO3.C4H10O/c1-10(2,13)14-8(3-4-11)5-7-6-9(7)12;1-4(2,3)5/h7-8,13H,3-6,11H2,1-2H3;5H,1-3H3. The maximum atomic E-state index is 10.8. The number of Topliss-reactive ketones (excluding diaryl/α,β-unsaturated/α-hetero) is 1. The van der Waals surface area contributed by atoms with Crippen LogP contribution in [0.15, 0.2) is 0 Å². The van der Waals surface area contributed by atoms with Gasteiger partial charge in [-0.25, -0.2) is 0 Å². The highest BCUT2D eigenvalue weighted by atomic mass is 16.6. The van der Waals surface area contributed by atoms with Crippen LogP contribution < -0.4 is 5.73 Å². The van der Waals surface area contributed by atoms with Crippen LogP contribution in [0.3, 0.4) is 0 Å². The fourth-order valence-electron chi connectivity index (χ4n) is 1.53. The molecule has 1 saturated carbocycles. The zero-order valence-corrected chi connectivity index (χ0v) is 12.8. The first-order valence-corrected chi connectivity index (χ1v) is 6.77. The minimum atomic E-state index is -1.14. The molecule has 1 fully saturated rings. The van der Waals surface area contributed by atoms with Gasteiger partial charge >= 0.3 is 0 Å². The van der Waals surface area contributed by atoms with E-state index in [2.05, 4.69) is 0 Å². The Bertz CT molecular complexity index is 272. The molecule has 114 valence electrons. The van der Waals surface area contributed by atoms with Crippen molar-refractivity contribution in [2.45, 2.75) is 71.4 Å². The monoisotopic (exact) mass is 275 g/mol. The molecule has 4 N–H and O–H groups in total. The number of rotatable bonds is 6. The van der Waals surface area contributed by atoms with Crippen molar-refractivity contribution in [3.8, 4) is 0 Å². The van der Waals surface area contributed by atoms with Crippen LogP contribution in [-0.2, 0) is 9.53 Å². The second-order valence-electron chi connectivity index (χ2n) is 6.54. The zero-order chi connectivity index (χ0) is 15.3. The minimum Gasteiger partial charge on any atom is -0.391 e. The highest BCUT2D eigenvalue weighted by Crippen LogP contribution is 2.31. The van der Waals surface area contributed by atoms with E-state index in [0.717, 1.165) is 0 Å². The molecule has 0 bridgehead atoms. The molecule has 0 heterocycles. The van der Waals surface area contributed by atoms with Crippen molar-refractivity contribution < 1.29 is 19.7 Å². The smallest absolute Gasteiger partial charge is 0.160 e. The molecule has 1 aliphatic rings. The Morgan fingerprint density at radius 2 is 1.74 bits per heavy atom. The lowest BCUT2D eigenvalue weighted by Crippen LogP contribution is -2.32. The SMILES string of the molecule is CC(C)(C)O.CC(C)(O)OC(CCN)CC1CC1=O. The Morgan fingerprint density at radius 1 is 1.32 bits per heavy atom. The summed E-state index contributed by atoms with van der Waals surface area (Å²) in [6.45, 7) is 8.92. The molecule has 1 rings (SSSR count). The number of ketones is 1. The first-order valence-electron chi connectivity index (χ1n) is 6.77. The highest BCUT2D eigenvalue weighted by Gasteiger charge is 2.37. The van der Waals surface area contributed by atoms with Gasteiger partial charge < -0.3 is 20.7 Å². The fraction of sp³-hybridized carbons (Fsp3) is 0.929. The van der Waals surface area contributed by atoms with Crippen molar-refractivity contribution in [2.75, 3.05) is 6.54 Å². The summed E-state index contributed by atoms with van der Waals surface area (Å²) in [7, 11) is 0. The van der Waals surface area contributed by atoms with Crippen molar-refractivity contribution in [3.05, 3.63) is 0 Å². The number of carbonyl (C=O) groups excluding carboxylic acids is 1. The van der Waals surface area contributed by atoms with E-state index < -0.39 is 11.4 Å². The van der Waals surface area contributed by atoms with Gasteiger partial charge in [0.25, 0.3) is 0 Å². The quantitative estimate of drug-likeness (QED) is 0.633. The Hall–Kier alpha value is -0.490. The molecule has 1 aliphatic carbocycles. The average Bonchev–Trinajstić information content (AvgIpc) is 2.75. The van der Waals surface area contributed by atoms with Crippen molar-refractivity contribution >= 4 is 5.78 Å². The van der Waals surface area contributed by atoms with Crippen LogP contribution >= 0.6 is 0 Å². The number of aliphatic hydroxyl groups is 2. The molecule has 0 aliphatic heterocycles. The van der Waals surface area contributed by atoms with E-state index >= 15 is 0 Å². The zero-order valence-electron chi connectivity index (χ0n) is 12.8. The number of carbonyl (C=O) groups is 1. The third-order valence-corrected chi connectivity index (χ3v) is 2.23. The van der Waals surface area contributed by atoms with E-state index in [-0.39, 0.29) is 12.0 Å². The molecule has 5 nitrogen and oxygen atoms in total.